The van der Waals surface area contributed by atoms with Gasteiger partial charge < -0.3 is 5.11 Å². The first-order valence-electron chi connectivity index (χ1n) is 5.59. The average Bonchev–Trinajstić information content (AvgIpc) is 2.41. The number of aromatic carboxylic acids is 1. The molecule has 102 valence electrons. The van der Waals surface area contributed by atoms with Crippen LogP contribution in [0.3, 0.4) is 0 Å². The molecule has 0 atom stereocenters. The highest BCUT2D eigenvalue weighted by Gasteiger charge is 2.16. The van der Waals surface area contributed by atoms with E-state index in [1.165, 1.54) is 24.4 Å². The van der Waals surface area contributed by atoms with E-state index in [-0.39, 0.29) is 11.3 Å². The van der Waals surface area contributed by atoms with Gasteiger partial charge in [-0.3, -0.25) is 10.1 Å². The molecule has 0 saturated heterocycles. The van der Waals surface area contributed by atoms with E-state index in [4.69, 9.17) is 5.11 Å². The van der Waals surface area contributed by atoms with Gasteiger partial charge in [0.1, 0.15) is 5.03 Å². The van der Waals surface area contributed by atoms with E-state index in [1.807, 2.05) is 0 Å². The van der Waals surface area contributed by atoms with E-state index in [9.17, 15) is 14.9 Å². The van der Waals surface area contributed by atoms with Crippen molar-refractivity contribution in [2.75, 3.05) is 0 Å². The van der Waals surface area contributed by atoms with Crippen molar-refractivity contribution in [1.29, 1.82) is 0 Å². The highest BCUT2D eigenvalue weighted by Crippen LogP contribution is 2.34. The average molecular weight is 290 g/mol. The molecule has 2 rings (SSSR count). The molecule has 20 heavy (non-hydrogen) atoms. The van der Waals surface area contributed by atoms with E-state index in [1.54, 1.807) is 19.1 Å². The van der Waals surface area contributed by atoms with Crippen LogP contribution in [0.1, 0.15) is 15.9 Å². The first kappa shape index (κ1) is 14.0. The molecule has 7 heteroatoms. The topological polar surface area (TPSA) is 93.3 Å². The van der Waals surface area contributed by atoms with Crippen LogP contribution in [-0.4, -0.2) is 21.0 Å². The molecule has 0 unspecified atom stereocenters. The van der Waals surface area contributed by atoms with E-state index in [2.05, 4.69) is 4.98 Å². The lowest BCUT2D eigenvalue weighted by Gasteiger charge is -2.04. The molecule has 0 radical (unpaired) electrons. The van der Waals surface area contributed by atoms with Crippen molar-refractivity contribution in [3.63, 3.8) is 0 Å². The van der Waals surface area contributed by atoms with Crippen LogP contribution in [0.15, 0.2) is 46.5 Å². The van der Waals surface area contributed by atoms with Crippen molar-refractivity contribution in [1.82, 2.24) is 4.98 Å². The standard InChI is InChI=1S/C13H10N2O4S/c1-8-2-3-11(10(6-8)15(18)19)20-12-7-9(13(16)17)4-5-14-12/h2-7H,1H3,(H,16,17). The molecule has 1 aromatic heterocycles. The number of nitrogens with zero attached hydrogens (tertiary/aromatic N) is 2. The van der Waals surface area contributed by atoms with Gasteiger partial charge in [0, 0.05) is 12.3 Å². The van der Waals surface area contributed by atoms with Gasteiger partial charge in [0.25, 0.3) is 5.69 Å². The maximum atomic E-state index is 11.0. The monoisotopic (exact) mass is 290 g/mol. The minimum atomic E-state index is -1.06. The Hall–Kier alpha value is -2.41. The number of carboxylic acids is 1. The minimum Gasteiger partial charge on any atom is -0.478 e. The van der Waals surface area contributed by atoms with Gasteiger partial charge in [-0.15, -0.1) is 0 Å². The Morgan fingerprint density at radius 3 is 2.75 bits per heavy atom. The molecule has 0 amide bonds. The number of aromatic nitrogens is 1. The number of carbonyl (C=O) groups is 1. The molecule has 2 aromatic rings. The van der Waals surface area contributed by atoms with E-state index in [0.29, 0.717) is 9.92 Å². The summed E-state index contributed by atoms with van der Waals surface area (Å²) < 4.78 is 0. The van der Waals surface area contributed by atoms with Gasteiger partial charge in [0.15, 0.2) is 0 Å². The van der Waals surface area contributed by atoms with Gasteiger partial charge >= 0.3 is 5.97 Å². The molecule has 1 aromatic carbocycles. The van der Waals surface area contributed by atoms with E-state index < -0.39 is 10.9 Å². The SMILES string of the molecule is Cc1ccc(Sc2cc(C(=O)O)ccn2)c([N+](=O)[O-])c1. The smallest absolute Gasteiger partial charge is 0.335 e. The summed E-state index contributed by atoms with van der Waals surface area (Å²) in [5.41, 5.74) is 0.864. The van der Waals surface area contributed by atoms with E-state index >= 15 is 0 Å². The van der Waals surface area contributed by atoms with Gasteiger partial charge in [-0.2, -0.15) is 0 Å². The number of rotatable bonds is 4. The molecule has 0 aliphatic rings. The number of benzene rings is 1. The Kier molecular flexibility index (Phi) is 3.99. The van der Waals surface area contributed by atoms with Crippen LogP contribution in [0.2, 0.25) is 0 Å². The van der Waals surface area contributed by atoms with Crippen LogP contribution in [-0.2, 0) is 0 Å². The first-order chi connectivity index (χ1) is 9.47. The van der Waals surface area contributed by atoms with Gasteiger partial charge in [-0.05, 0) is 30.7 Å². The molecular weight excluding hydrogens is 280 g/mol. The van der Waals surface area contributed by atoms with Crippen molar-refractivity contribution in [2.24, 2.45) is 0 Å². The molecule has 1 heterocycles. The molecule has 0 aliphatic carbocycles. The summed E-state index contributed by atoms with van der Waals surface area (Å²) >= 11 is 1.07. The van der Waals surface area contributed by atoms with Crippen LogP contribution in [0.4, 0.5) is 5.69 Å². The Morgan fingerprint density at radius 1 is 1.35 bits per heavy atom. The first-order valence-corrected chi connectivity index (χ1v) is 6.41. The molecule has 6 nitrogen and oxygen atoms in total. The summed E-state index contributed by atoms with van der Waals surface area (Å²) in [6, 6.07) is 7.62. The Bertz CT molecular complexity index is 688. The summed E-state index contributed by atoms with van der Waals surface area (Å²) in [6.07, 6.45) is 1.37. The normalized spacial score (nSPS) is 10.2. The van der Waals surface area contributed by atoms with Crippen molar-refractivity contribution in [2.45, 2.75) is 16.8 Å². The third kappa shape index (κ3) is 3.12. The van der Waals surface area contributed by atoms with Crippen molar-refractivity contribution < 1.29 is 14.8 Å². The summed E-state index contributed by atoms with van der Waals surface area (Å²) in [5, 5.41) is 20.3. The van der Waals surface area contributed by atoms with Crippen LogP contribution in [0, 0.1) is 17.0 Å². The number of hydrogen-bond acceptors (Lipinski definition) is 5. The van der Waals surface area contributed by atoms with Crippen LogP contribution in [0.5, 0.6) is 0 Å². The van der Waals surface area contributed by atoms with E-state index in [0.717, 1.165) is 17.3 Å². The Balaban J connectivity index is 2.37. The quantitative estimate of drug-likeness (QED) is 0.686. The fraction of sp³-hybridized carbons (Fsp3) is 0.0769. The number of carboxylic acid groups (broad SMARTS) is 1. The Labute approximate surface area is 118 Å². The molecule has 0 aliphatic heterocycles. The van der Waals surface area contributed by atoms with Crippen molar-refractivity contribution >= 4 is 23.4 Å². The number of aryl methyl sites for hydroxylation is 1. The lowest BCUT2D eigenvalue weighted by atomic mass is 10.2. The number of nitro benzene ring substituents is 1. The highest BCUT2D eigenvalue weighted by molar-refractivity contribution is 7.99. The second-order valence-corrected chi connectivity index (χ2v) is 5.08. The highest BCUT2D eigenvalue weighted by atomic mass is 32.2. The summed E-state index contributed by atoms with van der Waals surface area (Å²) in [5.74, 6) is -1.06. The van der Waals surface area contributed by atoms with Crippen molar-refractivity contribution in [3.8, 4) is 0 Å². The predicted octanol–water partition coefficient (Wildman–Crippen LogP) is 3.15. The van der Waals surface area contributed by atoms with Gasteiger partial charge in [0.2, 0.25) is 0 Å². The van der Waals surface area contributed by atoms with Crippen LogP contribution < -0.4 is 0 Å². The number of pyridine rings is 1. The number of nitro groups is 1. The maximum absolute atomic E-state index is 11.0. The molecular formula is C13H10N2O4S. The summed E-state index contributed by atoms with van der Waals surface area (Å²) in [7, 11) is 0. The fourth-order valence-corrected chi connectivity index (χ4v) is 2.47. The second kappa shape index (κ2) is 5.70. The van der Waals surface area contributed by atoms with Crippen LogP contribution in [0.25, 0.3) is 0 Å². The van der Waals surface area contributed by atoms with Crippen molar-refractivity contribution in [3.05, 3.63) is 57.8 Å². The fourth-order valence-electron chi connectivity index (χ4n) is 1.57. The Morgan fingerprint density at radius 2 is 2.10 bits per heavy atom. The lowest BCUT2D eigenvalue weighted by Crippen LogP contribution is -1.97. The zero-order chi connectivity index (χ0) is 14.7. The third-order valence-corrected chi connectivity index (χ3v) is 3.50. The third-order valence-electron chi connectivity index (χ3n) is 2.51. The van der Waals surface area contributed by atoms with Gasteiger partial charge in [0.05, 0.1) is 15.4 Å². The summed E-state index contributed by atoms with van der Waals surface area (Å²) in [4.78, 5) is 25.9. The molecule has 0 spiro atoms. The molecule has 1 N–H and O–H groups in total. The van der Waals surface area contributed by atoms with Gasteiger partial charge in [-0.25, -0.2) is 9.78 Å². The van der Waals surface area contributed by atoms with Gasteiger partial charge in [-0.1, -0.05) is 17.8 Å². The molecule has 0 saturated carbocycles. The minimum absolute atomic E-state index is 0.0162. The second-order valence-electron chi connectivity index (χ2n) is 4.02. The zero-order valence-corrected chi connectivity index (χ0v) is 11.3. The molecule has 0 bridgehead atoms. The molecule has 0 fully saturated rings. The summed E-state index contributed by atoms with van der Waals surface area (Å²) in [6.45, 7) is 1.77. The van der Waals surface area contributed by atoms with Crippen LogP contribution >= 0.6 is 11.8 Å². The maximum Gasteiger partial charge on any atom is 0.335 e. The predicted molar refractivity (Wildman–Crippen MR) is 73.2 cm³/mol. The number of hydrogen-bond donors (Lipinski definition) is 1. The lowest BCUT2D eigenvalue weighted by molar-refractivity contribution is -0.387. The zero-order valence-electron chi connectivity index (χ0n) is 10.4. The largest absolute Gasteiger partial charge is 0.478 e.